The Morgan fingerprint density at radius 3 is 2.52 bits per heavy atom. The van der Waals surface area contributed by atoms with Gasteiger partial charge in [0.15, 0.2) is 22.5 Å². The van der Waals surface area contributed by atoms with Gasteiger partial charge in [-0.2, -0.15) is 0 Å². The van der Waals surface area contributed by atoms with Crippen LogP contribution in [0.1, 0.15) is 12.0 Å². The first kappa shape index (κ1) is 21.7. The lowest BCUT2D eigenvalue weighted by Gasteiger charge is -2.12. The van der Waals surface area contributed by atoms with Crippen LogP contribution in [0, 0.1) is 0 Å². The van der Waals surface area contributed by atoms with E-state index in [1.807, 2.05) is 36.4 Å². The highest BCUT2D eigenvalue weighted by Crippen LogP contribution is 2.34. The van der Waals surface area contributed by atoms with Gasteiger partial charge in [-0.05, 0) is 36.2 Å². The molecule has 1 aromatic heterocycles. The summed E-state index contributed by atoms with van der Waals surface area (Å²) in [7, 11) is 4.97. The number of thioether (sulfide) groups is 1. The third kappa shape index (κ3) is 5.32. The second kappa shape index (κ2) is 10.7. The Balaban J connectivity index is 1.90. The Hall–Kier alpha value is -2.03. The number of ether oxygens (including phenoxy) is 3. The lowest BCUT2D eigenvalue weighted by atomic mass is 10.2. The SMILES string of the molecule is COCCCn1c(SCc2ccccc2Br)nnc1-c1ccc(OC)c(OC)c1. The number of aromatic nitrogens is 3. The zero-order valence-electron chi connectivity index (χ0n) is 16.7. The van der Waals surface area contributed by atoms with Gasteiger partial charge in [-0.25, -0.2) is 0 Å². The minimum Gasteiger partial charge on any atom is -0.493 e. The largest absolute Gasteiger partial charge is 0.493 e. The van der Waals surface area contributed by atoms with Crippen LogP contribution in [-0.4, -0.2) is 42.7 Å². The van der Waals surface area contributed by atoms with Crippen molar-refractivity contribution in [3.63, 3.8) is 0 Å². The van der Waals surface area contributed by atoms with Crippen molar-refractivity contribution in [1.29, 1.82) is 0 Å². The average molecular weight is 478 g/mol. The molecule has 2 aromatic carbocycles. The molecule has 3 aromatic rings. The lowest BCUT2D eigenvalue weighted by Crippen LogP contribution is -2.05. The van der Waals surface area contributed by atoms with E-state index in [1.165, 1.54) is 5.56 Å². The Kier molecular flexibility index (Phi) is 7.97. The molecule has 3 rings (SSSR count). The first-order chi connectivity index (χ1) is 14.2. The number of hydrogen-bond donors (Lipinski definition) is 0. The summed E-state index contributed by atoms with van der Waals surface area (Å²) in [5.74, 6) is 2.95. The predicted molar refractivity (Wildman–Crippen MR) is 119 cm³/mol. The highest BCUT2D eigenvalue weighted by Gasteiger charge is 2.17. The van der Waals surface area contributed by atoms with Crippen molar-refractivity contribution in [2.45, 2.75) is 23.9 Å². The van der Waals surface area contributed by atoms with E-state index in [2.05, 4.69) is 36.8 Å². The summed E-state index contributed by atoms with van der Waals surface area (Å²) in [6.45, 7) is 1.45. The van der Waals surface area contributed by atoms with Crippen molar-refractivity contribution >= 4 is 27.7 Å². The van der Waals surface area contributed by atoms with Crippen LogP contribution in [0.5, 0.6) is 11.5 Å². The van der Waals surface area contributed by atoms with Gasteiger partial charge >= 0.3 is 0 Å². The van der Waals surface area contributed by atoms with Crippen LogP contribution in [0.15, 0.2) is 52.1 Å². The van der Waals surface area contributed by atoms with Gasteiger partial charge in [0.2, 0.25) is 0 Å². The van der Waals surface area contributed by atoms with Gasteiger partial charge in [0, 0.05) is 36.1 Å². The van der Waals surface area contributed by atoms with E-state index in [0.29, 0.717) is 18.1 Å². The van der Waals surface area contributed by atoms with Gasteiger partial charge in [0.05, 0.1) is 14.2 Å². The summed E-state index contributed by atoms with van der Waals surface area (Å²) >= 11 is 5.28. The molecule has 0 aliphatic heterocycles. The number of methoxy groups -OCH3 is 3. The monoisotopic (exact) mass is 477 g/mol. The smallest absolute Gasteiger partial charge is 0.191 e. The van der Waals surface area contributed by atoms with E-state index in [4.69, 9.17) is 14.2 Å². The quantitative estimate of drug-likeness (QED) is 0.300. The fraction of sp³-hybridized carbons (Fsp3) is 0.333. The molecule has 0 aliphatic rings. The predicted octanol–water partition coefficient (Wildman–Crippen LogP) is 5.05. The van der Waals surface area contributed by atoms with Crippen molar-refractivity contribution in [2.75, 3.05) is 27.9 Å². The summed E-state index contributed by atoms with van der Waals surface area (Å²) in [6.07, 6.45) is 0.872. The molecular formula is C21H24BrN3O3S. The van der Waals surface area contributed by atoms with E-state index in [-0.39, 0.29) is 0 Å². The van der Waals surface area contributed by atoms with Crippen molar-refractivity contribution in [3.8, 4) is 22.9 Å². The molecule has 0 N–H and O–H groups in total. The van der Waals surface area contributed by atoms with Crippen molar-refractivity contribution in [2.24, 2.45) is 0 Å². The van der Waals surface area contributed by atoms with E-state index in [1.54, 1.807) is 33.1 Å². The zero-order valence-corrected chi connectivity index (χ0v) is 19.1. The van der Waals surface area contributed by atoms with Gasteiger partial charge in [-0.3, -0.25) is 0 Å². The van der Waals surface area contributed by atoms with E-state index in [9.17, 15) is 0 Å². The Morgan fingerprint density at radius 1 is 1.00 bits per heavy atom. The van der Waals surface area contributed by atoms with Gasteiger partial charge in [-0.15, -0.1) is 10.2 Å². The van der Waals surface area contributed by atoms with Gasteiger partial charge < -0.3 is 18.8 Å². The molecule has 29 heavy (non-hydrogen) atoms. The molecule has 0 saturated heterocycles. The fourth-order valence-electron chi connectivity index (χ4n) is 2.91. The molecule has 0 bridgehead atoms. The zero-order chi connectivity index (χ0) is 20.6. The fourth-order valence-corrected chi connectivity index (χ4v) is 4.49. The third-order valence-corrected chi connectivity index (χ3v) is 6.19. The highest BCUT2D eigenvalue weighted by atomic mass is 79.9. The molecule has 0 spiro atoms. The molecule has 0 fully saturated rings. The molecule has 0 saturated carbocycles. The molecule has 154 valence electrons. The maximum atomic E-state index is 5.45. The van der Waals surface area contributed by atoms with Crippen LogP contribution in [-0.2, 0) is 17.0 Å². The second-order valence-corrected chi connectivity index (χ2v) is 8.05. The highest BCUT2D eigenvalue weighted by molar-refractivity contribution is 9.10. The van der Waals surface area contributed by atoms with Gasteiger partial charge in [0.1, 0.15) is 0 Å². The molecular weight excluding hydrogens is 454 g/mol. The number of rotatable bonds is 10. The first-order valence-electron chi connectivity index (χ1n) is 9.18. The minimum atomic E-state index is 0.666. The Morgan fingerprint density at radius 2 is 1.79 bits per heavy atom. The van der Waals surface area contributed by atoms with Crippen LogP contribution < -0.4 is 9.47 Å². The molecule has 0 atom stereocenters. The van der Waals surface area contributed by atoms with Crippen molar-refractivity contribution in [1.82, 2.24) is 14.8 Å². The van der Waals surface area contributed by atoms with Gasteiger partial charge in [-0.1, -0.05) is 45.9 Å². The van der Waals surface area contributed by atoms with E-state index < -0.39 is 0 Å². The normalized spacial score (nSPS) is 10.9. The Bertz CT molecular complexity index is 949. The second-order valence-electron chi connectivity index (χ2n) is 6.25. The maximum Gasteiger partial charge on any atom is 0.191 e. The van der Waals surface area contributed by atoms with Crippen molar-refractivity contribution in [3.05, 3.63) is 52.5 Å². The van der Waals surface area contributed by atoms with Crippen LogP contribution in [0.4, 0.5) is 0 Å². The summed E-state index contributed by atoms with van der Waals surface area (Å²) in [4.78, 5) is 0. The first-order valence-corrected chi connectivity index (χ1v) is 11.0. The standard InChI is InChI=1S/C21H24BrN3O3S/c1-26-12-6-11-25-20(15-9-10-18(27-2)19(13-15)28-3)23-24-21(25)29-14-16-7-4-5-8-17(16)22/h4-5,7-10,13H,6,11-12,14H2,1-3H3. The number of nitrogens with zero attached hydrogens (tertiary/aromatic N) is 3. The molecule has 0 aliphatic carbocycles. The molecule has 8 heteroatoms. The number of hydrogen-bond acceptors (Lipinski definition) is 6. The minimum absolute atomic E-state index is 0.666. The van der Waals surface area contributed by atoms with Crippen molar-refractivity contribution < 1.29 is 14.2 Å². The summed E-state index contributed by atoms with van der Waals surface area (Å²) in [5, 5.41) is 9.81. The van der Waals surface area contributed by atoms with E-state index >= 15 is 0 Å². The van der Waals surface area contributed by atoms with Crippen LogP contribution in [0.2, 0.25) is 0 Å². The molecule has 0 radical (unpaired) electrons. The Labute approximate surface area is 183 Å². The molecule has 0 amide bonds. The molecule has 0 unspecified atom stereocenters. The summed E-state index contributed by atoms with van der Waals surface area (Å²) < 4.78 is 19.3. The topological polar surface area (TPSA) is 58.4 Å². The van der Waals surface area contributed by atoms with Crippen LogP contribution in [0.25, 0.3) is 11.4 Å². The van der Waals surface area contributed by atoms with Gasteiger partial charge in [0.25, 0.3) is 0 Å². The molecule has 6 nitrogen and oxygen atoms in total. The average Bonchev–Trinajstić information content (AvgIpc) is 3.15. The van der Waals surface area contributed by atoms with Crippen LogP contribution >= 0.6 is 27.7 Å². The number of halogens is 1. The molecule has 1 heterocycles. The number of benzene rings is 2. The summed E-state index contributed by atoms with van der Waals surface area (Å²) in [5.41, 5.74) is 2.15. The summed E-state index contributed by atoms with van der Waals surface area (Å²) in [6, 6.07) is 14.0. The lowest BCUT2D eigenvalue weighted by molar-refractivity contribution is 0.189. The third-order valence-electron chi connectivity index (χ3n) is 4.40. The van der Waals surface area contributed by atoms with E-state index in [0.717, 1.165) is 39.7 Å². The van der Waals surface area contributed by atoms with Crippen LogP contribution in [0.3, 0.4) is 0 Å². The maximum absolute atomic E-state index is 5.45.